The highest BCUT2D eigenvalue weighted by molar-refractivity contribution is 8.00. The Kier molecular flexibility index (Phi) is 4.66. The van der Waals surface area contributed by atoms with Crippen LogP contribution in [-0.2, 0) is 0 Å². The number of hydrogen-bond donors (Lipinski definition) is 1. The third-order valence-corrected chi connectivity index (χ3v) is 5.32. The number of nitrogens with two attached hydrogens (primary N) is 1. The van der Waals surface area contributed by atoms with Gasteiger partial charge in [0.25, 0.3) is 0 Å². The van der Waals surface area contributed by atoms with Crippen LogP contribution < -0.4 is 5.73 Å². The average molecular weight is 289 g/mol. The molecule has 0 amide bonds. The van der Waals surface area contributed by atoms with E-state index in [1.807, 2.05) is 18.2 Å². The van der Waals surface area contributed by atoms with Crippen molar-refractivity contribution < 1.29 is 0 Å². The van der Waals surface area contributed by atoms with Gasteiger partial charge in [0.2, 0.25) is 0 Å². The first-order chi connectivity index (χ1) is 9.43. The van der Waals surface area contributed by atoms with E-state index in [0.717, 1.165) is 22.3 Å². The molecule has 20 heavy (non-hydrogen) atoms. The molecule has 0 bridgehead atoms. The highest BCUT2D eigenvalue weighted by atomic mass is 32.2. The lowest BCUT2D eigenvalue weighted by atomic mass is 9.87. The fourth-order valence-electron chi connectivity index (χ4n) is 2.31. The summed E-state index contributed by atoms with van der Waals surface area (Å²) in [5.41, 5.74) is 7.45. The zero-order chi connectivity index (χ0) is 14.8. The van der Waals surface area contributed by atoms with Crippen molar-refractivity contribution in [3.05, 3.63) is 30.6 Å². The summed E-state index contributed by atoms with van der Waals surface area (Å²) in [5.74, 6) is 0. The second-order valence-corrected chi connectivity index (χ2v) is 7.30. The normalized spacial score (nSPS) is 15.2. The Morgan fingerprint density at radius 2 is 1.90 bits per heavy atom. The molecule has 3 nitrogen and oxygen atoms in total. The SMILES string of the molecule is CCC(N)C(Sc1ncnc2ccccc12)C(C)(C)C. The molecule has 4 heteroatoms. The topological polar surface area (TPSA) is 51.8 Å². The van der Waals surface area contributed by atoms with Crippen LogP contribution in [-0.4, -0.2) is 21.3 Å². The number of benzene rings is 1. The van der Waals surface area contributed by atoms with Crippen LogP contribution in [0.3, 0.4) is 0 Å². The van der Waals surface area contributed by atoms with Gasteiger partial charge in [-0.25, -0.2) is 9.97 Å². The molecular formula is C16H23N3S. The Morgan fingerprint density at radius 3 is 2.55 bits per heavy atom. The number of thioether (sulfide) groups is 1. The van der Waals surface area contributed by atoms with Crippen molar-refractivity contribution in [1.29, 1.82) is 0 Å². The standard InChI is InChI=1S/C16H23N3S/c1-5-12(17)14(16(2,3)4)20-15-11-8-6-7-9-13(11)18-10-19-15/h6-10,12,14H,5,17H2,1-4H3. The lowest BCUT2D eigenvalue weighted by molar-refractivity contribution is 0.350. The molecule has 0 saturated carbocycles. The van der Waals surface area contributed by atoms with Crippen molar-refractivity contribution in [2.75, 3.05) is 0 Å². The molecule has 2 atom stereocenters. The molecule has 2 N–H and O–H groups in total. The molecule has 1 heterocycles. The zero-order valence-electron chi connectivity index (χ0n) is 12.6. The Labute approximate surface area is 125 Å². The lowest BCUT2D eigenvalue weighted by Crippen LogP contribution is -2.40. The maximum absolute atomic E-state index is 6.33. The van der Waals surface area contributed by atoms with E-state index in [-0.39, 0.29) is 11.5 Å². The zero-order valence-corrected chi connectivity index (χ0v) is 13.4. The number of nitrogens with zero attached hydrogens (tertiary/aromatic N) is 2. The summed E-state index contributed by atoms with van der Waals surface area (Å²) in [6, 6.07) is 8.29. The van der Waals surface area contributed by atoms with Gasteiger partial charge in [0, 0.05) is 16.7 Å². The monoisotopic (exact) mass is 289 g/mol. The van der Waals surface area contributed by atoms with Gasteiger partial charge in [0.15, 0.2) is 0 Å². The fourth-order valence-corrected chi connectivity index (χ4v) is 3.68. The van der Waals surface area contributed by atoms with Gasteiger partial charge in [-0.3, -0.25) is 0 Å². The highest BCUT2D eigenvalue weighted by Crippen LogP contribution is 2.38. The summed E-state index contributed by atoms with van der Waals surface area (Å²) < 4.78 is 0. The van der Waals surface area contributed by atoms with Gasteiger partial charge in [-0.05, 0) is 17.9 Å². The van der Waals surface area contributed by atoms with E-state index in [0.29, 0.717) is 5.25 Å². The van der Waals surface area contributed by atoms with E-state index in [2.05, 4.69) is 43.7 Å². The quantitative estimate of drug-likeness (QED) is 0.685. The van der Waals surface area contributed by atoms with Crippen molar-refractivity contribution >= 4 is 22.7 Å². The van der Waals surface area contributed by atoms with Gasteiger partial charge < -0.3 is 5.73 Å². The van der Waals surface area contributed by atoms with E-state index in [9.17, 15) is 0 Å². The molecule has 0 aliphatic rings. The summed E-state index contributed by atoms with van der Waals surface area (Å²) in [6.45, 7) is 8.86. The molecule has 0 fully saturated rings. The van der Waals surface area contributed by atoms with Crippen LogP contribution in [0.4, 0.5) is 0 Å². The maximum Gasteiger partial charge on any atom is 0.117 e. The van der Waals surface area contributed by atoms with Gasteiger partial charge in [-0.1, -0.05) is 45.9 Å². The Bertz CT molecular complexity index is 572. The van der Waals surface area contributed by atoms with Crippen molar-refractivity contribution in [3.8, 4) is 0 Å². The number of hydrogen-bond acceptors (Lipinski definition) is 4. The highest BCUT2D eigenvalue weighted by Gasteiger charge is 2.31. The van der Waals surface area contributed by atoms with Crippen LogP contribution in [0.2, 0.25) is 0 Å². The third-order valence-electron chi connectivity index (χ3n) is 3.46. The maximum atomic E-state index is 6.33. The molecule has 1 aromatic heterocycles. The van der Waals surface area contributed by atoms with Gasteiger partial charge in [0.1, 0.15) is 11.4 Å². The van der Waals surface area contributed by atoms with Crippen LogP contribution in [0, 0.1) is 5.41 Å². The summed E-state index contributed by atoms with van der Waals surface area (Å²) in [4.78, 5) is 8.79. The molecule has 108 valence electrons. The molecule has 2 rings (SSSR count). The molecule has 1 aromatic carbocycles. The van der Waals surface area contributed by atoms with Crippen molar-refractivity contribution in [2.24, 2.45) is 11.1 Å². The minimum Gasteiger partial charge on any atom is -0.327 e. The van der Waals surface area contributed by atoms with Gasteiger partial charge in [0.05, 0.1) is 5.52 Å². The largest absolute Gasteiger partial charge is 0.327 e. The predicted molar refractivity (Wildman–Crippen MR) is 86.9 cm³/mol. The Morgan fingerprint density at radius 1 is 1.20 bits per heavy atom. The minimum atomic E-state index is 0.131. The van der Waals surface area contributed by atoms with Crippen LogP contribution in [0.5, 0.6) is 0 Å². The van der Waals surface area contributed by atoms with Crippen LogP contribution in [0.25, 0.3) is 10.9 Å². The van der Waals surface area contributed by atoms with E-state index in [1.165, 1.54) is 0 Å². The van der Waals surface area contributed by atoms with E-state index in [4.69, 9.17) is 5.73 Å². The second-order valence-electron chi connectivity index (χ2n) is 6.17. The van der Waals surface area contributed by atoms with Crippen LogP contribution >= 0.6 is 11.8 Å². The number of aromatic nitrogens is 2. The van der Waals surface area contributed by atoms with E-state index < -0.39 is 0 Å². The van der Waals surface area contributed by atoms with Gasteiger partial charge in [-0.15, -0.1) is 11.8 Å². The van der Waals surface area contributed by atoms with E-state index >= 15 is 0 Å². The molecular weight excluding hydrogens is 266 g/mol. The van der Waals surface area contributed by atoms with Gasteiger partial charge in [-0.2, -0.15) is 0 Å². The van der Waals surface area contributed by atoms with Crippen LogP contribution in [0.1, 0.15) is 34.1 Å². The first kappa shape index (κ1) is 15.3. The Balaban J connectivity index is 2.38. The number of rotatable bonds is 4. The Hall–Kier alpha value is -1.13. The molecule has 0 saturated heterocycles. The summed E-state index contributed by atoms with van der Waals surface area (Å²) in [7, 11) is 0. The third kappa shape index (κ3) is 3.30. The smallest absolute Gasteiger partial charge is 0.117 e. The van der Waals surface area contributed by atoms with Crippen LogP contribution in [0.15, 0.2) is 35.6 Å². The summed E-state index contributed by atoms with van der Waals surface area (Å²) in [6.07, 6.45) is 2.61. The fraction of sp³-hybridized carbons (Fsp3) is 0.500. The van der Waals surface area contributed by atoms with Crippen molar-refractivity contribution in [3.63, 3.8) is 0 Å². The average Bonchev–Trinajstić information content (AvgIpc) is 2.42. The van der Waals surface area contributed by atoms with Crippen molar-refractivity contribution in [2.45, 2.75) is 50.4 Å². The molecule has 2 unspecified atom stereocenters. The minimum absolute atomic E-state index is 0.131. The summed E-state index contributed by atoms with van der Waals surface area (Å²) in [5, 5.41) is 2.46. The first-order valence-electron chi connectivity index (χ1n) is 7.05. The molecule has 0 aliphatic carbocycles. The lowest BCUT2D eigenvalue weighted by Gasteiger charge is -2.34. The van der Waals surface area contributed by atoms with Gasteiger partial charge >= 0.3 is 0 Å². The molecule has 0 radical (unpaired) electrons. The predicted octanol–water partition coefficient (Wildman–Crippen LogP) is 3.87. The first-order valence-corrected chi connectivity index (χ1v) is 7.93. The molecule has 0 spiro atoms. The number of para-hydroxylation sites is 1. The number of fused-ring (bicyclic) bond motifs is 1. The van der Waals surface area contributed by atoms with Crippen molar-refractivity contribution in [1.82, 2.24) is 9.97 Å². The molecule has 0 aliphatic heterocycles. The van der Waals surface area contributed by atoms with E-state index in [1.54, 1.807) is 18.1 Å². The molecule has 2 aromatic rings. The second kappa shape index (κ2) is 6.10. The summed E-state index contributed by atoms with van der Waals surface area (Å²) >= 11 is 1.78.